The van der Waals surface area contributed by atoms with Crippen LogP contribution in [0.3, 0.4) is 0 Å². The third kappa shape index (κ3) is 6.34. The molecule has 1 N–H and O–H groups in total. The molecule has 3 heterocycles. The molecule has 0 aromatic carbocycles. The fraction of sp³-hybridized carbons (Fsp3) is 0.571. The van der Waals surface area contributed by atoms with Crippen LogP contribution in [0, 0.1) is 0 Å². The third-order valence-electron chi connectivity index (χ3n) is 5.56. The summed E-state index contributed by atoms with van der Waals surface area (Å²) in [5.41, 5.74) is 6.86. The fourth-order valence-corrected chi connectivity index (χ4v) is 3.51. The van der Waals surface area contributed by atoms with Crippen molar-refractivity contribution in [3.63, 3.8) is 0 Å². The Balaban J connectivity index is 0.000000769. The second-order valence-electron chi connectivity index (χ2n) is 8.61. The van der Waals surface area contributed by atoms with E-state index in [4.69, 9.17) is 9.97 Å². The van der Waals surface area contributed by atoms with Crippen LogP contribution in [0.1, 0.15) is 104 Å². The van der Waals surface area contributed by atoms with Crippen molar-refractivity contribution in [1.29, 1.82) is 0 Å². The summed E-state index contributed by atoms with van der Waals surface area (Å²) in [6.07, 6.45) is 5.80. The van der Waals surface area contributed by atoms with E-state index < -0.39 is 0 Å². The molecular formula is C28H46N4. The van der Waals surface area contributed by atoms with Gasteiger partial charge in [0.15, 0.2) is 0 Å². The Bertz CT molecular complexity index is 965. The average Bonchev–Trinajstić information content (AvgIpc) is 3.14. The lowest BCUT2D eigenvalue weighted by Gasteiger charge is -2.15. The molecule has 0 unspecified atom stereocenters. The molecule has 4 heteroatoms. The smallest absolute Gasteiger partial charge is 0.140 e. The fourth-order valence-electron chi connectivity index (χ4n) is 3.51. The van der Waals surface area contributed by atoms with Crippen molar-refractivity contribution in [1.82, 2.24) is 14.5 Å². The molecule has 0 atom stereocenters. The molecule has 0 spiro atoms. The van der Waals surface area contributed by atoms with Crippen molar-refractivity contribution in [3.05, 3.63) is 41.2 Å². The topological polar surface area (TPSA) is 42.7 Å². The first kappa shape index (κ1) is 27.7. The molecule has 4 nitrogen and oxygen atoms in total. The summed E-state index contributed by atoms with van der Waals surface area (Å²) in [5, 5.41) is 4.53. The van der Waals surface area contributed by atoms with Crippen molar-refractivity contribution < 1.29 is 0 Å². The molecule has 3 rings (SSSR count). The zero-order valence-corrected chi connectivity index (χ0v) is 22.4. The van der Waals surface area contributed by atoms with Crippen molar-refractivity contribution in [2.45, 2.75) is 93.4 Å². The van der Waals surface area contributed by atoms with Crippen LogP contribution >= 0.6 is 0 Å². The number of hydrogen-bond donors (Lipinski definition) is 1. The van der Waals surface area contributed by atoms with E-state index in [0.29, 0.717) is 11.8 Å². The monoisotopic (exact) mass is 438 g/mol. The summed E-state index contributed by atoms with van der Waals surface area (Å²) < 4.78 is 2.14. The predicted octanol–water partition coefficient (Wildman–Crippen LogP) is 8.32. The van der Waals surface area contributed by atoms with Crippen molar-refractivity contribution in [3.8, 4) is 11.3 Å². The number of hydrogen-bond acceptors (Lipinski definition) is 3. The molecule has 0 fully saturated rings. The molecule has 0 saturated heterocycles. The number of anilines is 1. The average molecular weight is 439 g/mol. The SMILES string of the molecule is CC.CCCC.CCc1cc2c(C(C)C)cn(C)c2nc1-c1ccc(C(C)C)nc1NC. The zero-order valence-electron chi connectivity index (χ0n) is 22.4. The quantitative estimate of drug-likeness (QED) is 0.420. The number of nitrogens with one attached hydrogen (secondary N) is 1. The van der Waals surface area contributed by atoms with Gasteiger partial charge in [-0.2, -0.15) is 0 Å². The standard InChI is InChI=1S/C22H30N4.C4H10.C2H6/c1-8-15-11-17-18(13(2)3)12-26(7)22(17)25-20(15)16-9-10-19(14(4)5)24-21(16)23-6;1-3-4-2;1-2/h9-14H,8H2,1-7H3,(H,23,24);3-4H2,1-2H3;1-2H3. The van der Waals surface area contributed by atoms with Gasteiger partial charge in [0.2, 0.25) is 0 Å². The van der Waals surface area contributed by atoms with Crippen LogP contribution < -0.4 is 5.32 Å². The molecule has 0 aliphatic heterocycles. The minimum atomic E-state index is 0.402. The highest BCUT2D eigenvalue weighted by atomic mass is 15.0. The Morgan fingerprint density at radius 3 is 2.03 bits per heavy atom. The molecule has 32 heavy (non-hydrogen) atoms. The normalized spacial score (nSPS) is 10.7. The first-order chi connectivity index (χ1) is 15.3. The zero-order chi connectivity index (χ0) is 24.4. The Hall–Kier alpha value is -2.36. The highest BCUT2D eigenvalue weighted by Crippen LogP contribution is 2.34. The Morgan fingerprint density at radius 1 is 0.938 bits per heavy atom. The van der Waals surface area contributed by atoms with Gasteiger partial charge in [-0.1, -0.05) is 75.2 Å². The molecular weight excluding hydrogens is 392 g/mol. The van der Waals surface area contributed by atoms with Crippen LogP contribution in [0.5, 0.6) is 0 Å². The second-order valence-corrected chi connectivity index (χ2v) is 8.61. The minimum Gasteiger partial charge on any atom is -0.373 e. The van der Waals surface area contributed by atoms with E-state index in [-0.39, 0.29) is 0 Å². The Kier molecular flexibility index (Phi) is 11.5. The maximum absolute atomic E-state index is 5.08. The van der Waals surface area contributed by atoms with Gasteiger partial charge in [0, 0.05) is 36.9 Å². The van der Waals surface area contributed by atoms with Crippen molar-refractivity contribution >= 4 is 16.9 Å². The molecule has 0 amide bonds. The van der Waals surface area contributed by atoms with Crippen LogP contribution in [-0.2, 0) is 13.5 Å². The van der Waals surface area contributed by atoms with Crippen LogP contribution in [0.15, 0.2) is 24.4 Å². The number of aryl methyl sites for hydroxylation is 2. The number of fused-ring (bicyclic) bond motifs is 1. The number of nitrogens with zero attached hydrogens (tertiary/aromatic N) is 3. The first-order valence-electron chi connectivity index (χ1n) is 12.5. The van der Waals surface area contributed by atoms with Gasteiger partial charge in [0.25, 0.3) is 0 Å². The van der Waals surface area contributed by atoms with Gasteiger partial charge < -0.3 is 9.88 Å². The van der Waals surface area contributed by atoms with Gasteiger partial charge in [-0.3, -0.25) is 0 Å². The first-order valence-corrected chi connectivity index (χ1v) is 12.5. The van der Waals surface area contributed by atoms with Gasteiger partial charge in [0.05, 0.1) is 5.69 Å². The van der Waals surface area contributed by atoms with E-state index >= 15 is 0 Å². The van der Waals surface area contributed by atoms with Crippen LogP contribution in [0.2, 0.25) is 0 Å². The summed E-state index contributed by atoms with van der Waals surface area (Å²) in [6, 6.07) is 6.60. The molecule has 178 valence electrons. The molecule has 0 saturated carbocycles. The summed E-state index contributed by atoms with van der Waals surface area (Å²) in [7, 11) is 4.01. The van der Waals surface area contributed by atoms with E-state index in [2.05, 4.69) is 89.8 Å². The number of pyridine rings is 2. The van der Waals surface area contributed by atoms with E-state index in [1.165, 1.54) is 29.4 Å². The Labute approximate surface area is 196 Å². The van der Waals surface area contributed by atoms with Crippen LogP contribution in [0.25, 0.3) is 22.3 Å². The number of rotatable bonds is 6. The second kappa shape index (κ2) is 13.2. The maximum atomic E-state index is 5.08. The molecule has 3 aromatic heterocycles. The van der Waals surface area contributed by atoms with Crippen LogP contribution in [-0.4, -0.2) is 21.6 Å². The predicted molar refractivity (Wildman–Crippen MR) is 143 cm³/mol. The molecule has 3 aromatic rings. The van der Waals surface area contributed by atoms with E-state index in [9.17, 15) is 0 Å². The van der Waals surface area contributed by atoms with Gasteiger partial charge in [-0.25, -0.2) is 9.97 Å². The molecule has 0 bridgehead atoms. The van der Waals surface area contributed by atoms with Crippen molar-refractivity contribution in [2.24, 2.45) is 7.05 Å². The highest BCUT2D eigenvalue weighted by molar-refractivity contribution is 5.87. The number of unbranched alkanes of at least 4 members (excludes halogenated alkanes) is 1. The van der Waals surface area contributed by atoms with E-state index in [1.54, 1.807) is 0 Å². The lowest BCUT2D eigenvalue weighted by molar-refractivity contribution is 0.824. The van der Waals surface area contributed by atoms with Gasteiger partial charge >= 0.3 is 0 Å². The molecule has 0 radical (unpaired) electrons. The third-order valence-corrected chi connectivity index (χ3v) is 5.56. The largest absolute Gasteiger partial charge is 0.373 e. The lowest BCUT2D eigenvalue weighted by Crippen LogP contribution is -2.03. The maximum Gasteiger partial charge on any atom is 0.140 e. The summed E-state index contributed by atoms with van der Waals surface area (Å²) >= 11 is 0. The van der Waals surface area contributed by atoms with Crippen molar-refractivity contribution in [2.75, 3.05) is 12.4 Å². The summed E-state index contributed by atoms with van der Waals surface area (Å²) in [6.45, 7) is 19.4. The molecule has 0 aliphatic carbocycles. The molecule has 0 aliphatic rings. The van der Waals surface area contributed by atoms with E-state index in [1.807, 2.05) is 20.9 Å². The van der Waals surface area contributed by atoms with Gasteiger partial charge in [-0.05, 0) is 47.6 Å². The highest BCUT2D eigenvalue weighted by Gasteiger charge is 2.18. The summed E-state index contributed by atoms with van der Waals surface area (Å²) in [5.74, 6) is 1.78. The van der Waals surface area contributed by atoms with Gasteiger partial charge in [-0.15, -0.1) is 0 Å². The Morgan fingerprint density at radius 2 is 1.56 bits per heavy atom. The van der Waals surface area contributed by atoms with Crippen LogP contribution in [0.4, 0.5) is 5.82 Å². The minimum absolute atomic E-state index is 0.402. The number of aromatic nitrogens is 3. The van der Waals surface area contributed by atoms with E-state index in [0.717, 1.165) is 34.8 Å². The lowest BCUT2D eigenvalue weighted by atomic mass is 9.98. The van der Waals surface area contributed by atoms with Gasteiger partial charge in [0.1, 0.15) is 11.5 Å². The summed E-state index contributed by atoms with van der Waals surface area (Å²) in [4.78, 5) is 9.91.